The van der Waals surface area contributed by atoms with E-state index in [0.29, 0.717) is 10.7 Å². The number of nitrogens with zero attached hydrogens (tertiary/aromatic N) is 1. The Morgan fingerprint density at radius 1 is 1.50 bits per heavy atom. The van der Waals surface area contributed by atoms with E-state index in [9.17, 15) is 4.79 Å². The van der Waals surface area contributed by atoms with Crippen LogP contribution >= 0.6 is 0 Å². The second-order valence-corrected chi connectivity index (χ2v) is 3.22. The van der Waals surface area contributed by atoms with Crippen LogP contribution in [0.5, 0.6) is 0 Å². The van der Waals surface area contributed by atoms with Crippen LogP contribution in [-0.2, 0) is 12.6 Å². The summed E-state index contributed by atoms with van der Waals surface area (Å²) < 4.78 is 0. The van der Waals surface area contributed by atoms with E-state index in [1.54, 1.807) is 18.2 Å². The van der Waals surface area contributed by atoms with Crippen molar-refractivity contribution in [2.75, 3.05) is 0 Å². The molecule has 0 saturated heterocycles. The number of ketones is 1. The van der Waals surface area contributed by atoms with Gasteiger partial charge in [0, 0.05) is 5.56 Å². The average Bonchev–Trinajstić information content (AvgIpc) is 2.42. The summed E-state index contributed by atoms with van der Waals surface area (Å²) in [5.41, 5.74) is 2.29. The van der Waals surface area contributed by atoms with Crippen molar-refractivity contribution in [2.24, 2.45) is 0 Å². The molecule has 1 heterocycles. The van der Waals surface area contributed by atoms with Crippen molar-refractivity contribution in [3.05, 3.63) is 23.8 Å². The molecule has 0 atom stereocenters. The molecule has 14 heavy (non-hydrogen) atoms. The summed E-state index contributed by atoms with van der Waals surface area (Å²) in [6, 6.07) is 5.30. The van der Waals surface area contributed by atoms with Crippen LogP contribution in [0, 0.1) is 0 Å². The standard InChI is InChI=1S/C9H8N2OS.Na/c1-5(12)6-2-3-7-8(4-6)11-9(13)10-7;/h2-4H,1H3,(H2,10,11,13);/q;+1/p-1. The Morgan fingerprint density at radius 2 is 2.21 bits per heavy atom. The molecule has 0 unspecified atom stereocenters. The van der Waals surface area contributed by atoms with E-state index < -0.39 is 0 Å². The molecule has 2 rings (SSSR count). The van der Waals surface area contributed by atoms with E-state index in [4.69, 9.17) is 12.6 Å². The van der Waals surface area contributed by atoms with Crippen molar-refractivity contribution in [3.8, 4) is 0 Å². The number of aromatic nitrogens is 2. The number of carbonyl (C=O) groups is 1. The quantitative estimate of drug-likeness (QED) is 0.364. The Kier molecular flexibility index (Phi) is 3.66. The summed E-state index contributed by atoms with van der Waals surface area (Å²) in [6.07, 6.45) is 0. The van der Waals surface area contributed by atoms with Gasteiger partial charge in [-0.15, -0.1) is 0 Å². The van der Waals surface area contributed by atoms with E-state index in [1.165, 1.54) is 6.92 Å². The Hall–Kier alpha value is -0.420. The summed E-state index contributed by atoms with van der Waals surface area (Å²) in [5, 5.41) is 0.454. The van der Waals surface area contributed by atoms with Crippen LogP contribution in [0.2, 0.25) is 0 Å². The number of imidazole rings is 1. The molecule has 0 amide bonds. The molecule has 0 spiro atoms. The Morgan fingerprint density at radius 3 is 2.86 bits per heavy atom. The van der Waals surface area contributed by atoms with Crippen molar-refractivity contribution >= 4 is 29.4 Å². The molecule has 5 heteroatoms. The number of hydrogen-bond acceptors (Lipinski definition) is 3. The van der Waals surface area contributed by atoms with Crippen LogP contribution in [0.15, 0.2) is 23.4 Å². The van der Waals surface area contributed by atoms with E-state index in [2.05, 4.69) is 9.97 Å². The van der Waals surface area contributed by atoms with Gasteiger partial charge in [-0.1, -0.05) is 0 Å². The minimum atomic E-state index is 0. The van der Waals surface area contributed by atoms with Crippen molar-refractivity contribution in [1.82, 2.24) is 9.97 Å². The van der Waals surface area contributed by atoms with Crippen LogP contribution < -0.4 is 29.6 Å². The molecule has 0 aliphatic carbocycles. The number of aromatic amines is 1. The van der Waals surface area contributed by atoms with Crippen molar-refractivity contribution in [3.63, 3.8) is 0 Å². The average molecular weight is 214 g/mol. The summed E-state index contributed by atoms with van der Waals surface area (Å²) in [4.78, 5) is 18.0. The van der Waals surface area contributed by atoms with Crippen LogP contribution in [0.4, 0.5) is 0 Å². The van der Waals surface area contributed by atoms with E-state index in [-0.39, 0.29) is 35.3 Å². The first-order valence-electron chi connectivity index (χ1n) is 3.84. The molecular weight excluding hydrogens is 207 g/mol. The number of rotatable bonds is 1. The number of Topliss-reactive ketones (excluding diaryl/α,β-unsaturated/α-hetero) is 1. The number of carbonyl (C=O) groups excluding carboxylic acids is 1. The Labute approximate surface area is 109 Å². The predicted molar refractivity (Wildman–Crippen MR) is 51.7 cm³/mol. The van der Waals surface area contributed by atoms with Gasteiger partial charge >= 0.3 is 29.6 Å². The topological polar surface area (TPSA) is 45.8 Å². The third-order valence-electron chi connectivity index (χ3n) is 1.87. The number of nitrogens with one attached hydrogen (secondary N) is 1. The van der Waals surface area contributed by atoms with Crippen molar-refractivity contribution in [1.29, 1.82) is 0 Å². The maximum absolute atomic E-state index is 11.0. The van der Waals surface area contributed by atoms with Gasteiger partial charge in [-0.05, 0) is 30.3 Å². The fourth-order valence-corrected chi connectivity index (χ4v) is 1.41. The second-order valence-electron chi connectivity index (χ2n) is 2.83. The summed E-state index contributed by atoms with van der Waals surface area (Å²) >= 11 is 4.87. The SMILES string of the molecule is CC(=O)c1ccc2nc([S-])[nH]c2c1.[Na+]. The van der Waals surface area contributed by atoms with Crippen molar-refractivity contribution in [2.45, 2.75) is 12.1 Å². The first kappa shape index (κ1) is 11.7. The van der Waals surface area contributed by atoms with Crippen LogP contribution in [0.1, 0.15) is 17.3 Å². The second kappa shape index (κ2) is 4.40. The molecule has 1 N–H and O–H groups in total. The summed E-state index contributed by atoms with van der Waals surface area (Å²) in [5.74, 6) is 0.0439. The third-order valence-corrected chi connectivity index (χ3v) is 2.06. The number of H-pyrrole nitrogens is 1. The van der Waals surface area contributed by atoms with Gasteiger partial charge in [0.2, 0.25) is 0 Å². The third kappa shape index (κ3) is 2.15. The van der Waals surface area contributed by atoms with E-state index in [0.717, 1.165) is 11.0 Å². The smallest absolute Gasteiger partial charge is 0.742 e. The first-order valence-corrected chi connectivity index (χ1v) is 4.25. The van der Waals surface area contributed by atoms with Crippen molar-refractivity contribution < 1.29 is 34.4 Å². The van der Waals surface area contributed by atoms with Gasteiger partial charge in [-0.25, -0.2) is 0 Å². The molecule has 1 aromatic heterocycles. The van der Waals surface area contributed by atoms with E-state index >= 15 is 0 Å². The largest absolute Gasteiger partial charge is 1.00 e. The Balaban J connectivity index is 0.000000980. The molecule has 0 saturated carbocycles. The van der Waals surface area contributed by atoms with Crippen LogP contribution in [0.25, 0.3) is 11.0 Å². The zero-order valence-corrected chi connectivity index (χ0v) is 10.8. The molecule has 2 aromatic rings. The monoisotopic (exact) mass is 214 g/mol. The van der Waals surface area contributed by atoms with Crippen LogP contribution in [-0.4, -0.2) is 15.8 Å². The molecule has 0 bridgehead atoms. The molecule has 3 nitrogen and oxygen atoms in total. The normalized spacial score (nSPS) is 9.79. The van der Waals surface area contributed by atoms with Crippen LogP contribution in [0.3, 0.4) is 0 Å². The van der Waals surface area contributed by atoms with Gasteiger partial charge < -0.3 is 17.6 Å². The number of hydrogen-bond donors (Lipinski definition) is 1. The van der Waals surface area contributed by atoms with Gasteiger partial charge in [0.1, 0.15) is 0 Å². The van der Waals surface area contributed by atoms with Gasteiger partial charge in [0.15, 0.2) is 5.78 Å². The number of benzene rings is 1. The summed E-state index contributed by atoms with van der Waals surface area (Å²) in [7, 11) is 0. The van der Waals surface area contributed by atoms with E-state index in [1.807, 2.05) is 0 Å². The minimum Gasteiger partial charge on any atom is -0.742 e. The maximum Gasteiger partial charge on any atom is 1.00 e. The molecule has 0 radical (unpaired) electrons. The molecule has 0 aliphatic rings. The summed E-state index contributed by atoms with van der Waals surface area (Å²) in [6.45, 7) is 1.53. The fraction of sp³-hybridized carbons (Fsp3) is 0.111. The Bertz CT molecular complexity index is 481. The van der Waals surface area contributed by atoms with Gasteiger partial charge in [0.25, 0.3) is 0 Å². The molecule has 0 fully saturated rings. The fourth-order valence-electron chi connectivity index (χ4n) is 1.21. The van der Waals surface area contributed by atoms with Gasteiger partial charge in [0.05, 0.1) is 11.0 Å². The zero-order valence-electron chi connectivity index (χ0n) is 8.00. The maximum atomic E-state index is 11.0. The molecule has 0 aliphatic heterocycles. The number of fused-ring (bicyclic) bond motifs is 1. The van der Waals surface area contributed by atoms with Gasteiger partial charge in [-0.3, -0.25) is 9.78 Å². The first-order chi connectivity index (χ1) is 6.16. The molecule has 66 valence electrons. The molecular formula is C9H7N2NaOS. The molecule has 1 aromatic carbocycles. The zero-order chi connectivity index (χ0) is 9.42. The minimum absolute atomic E-state index is 0. The predicted octanol–water partition coefficient (Wildman–Crippen LogP) is -1.32. The van der Waals surface area contributed by atoms with Gasteiger partial charge in [-0.2, -0.15) is 0 Å².